The van der Waals surface area contributed by atoms with Crippen LogP contribution in [-0.2, 0) is 14.3 Å². The molecule has 0 heterocycles. The van der Waals surface area contributed by atoms with Gasteiger partial charge in [0.15, 0.2) is 0 Å². The Morgan fingerprint density at radius 3 is 2.57 bits per heavy atom. The summed E-state index contributed by atoms with van der Waals surface area (Å²) in [5.41, 5.74) is 0. The van der Waals surface area contributed by atoms with Gasteiger partial charge >= 0.3 is 5.97 Å². The molecular formula is C14H17Cl2NO3S. The zero-order valence-electron chi connectivity index (χ0n) is 11.7. The highest BCUT2D eigenvalue weighted by atomic mass is 35.5. The normalized spacial score (nSPS) is 10.2. The maximum atomic E-state index is 11.7. The number of hydrogen-bond donors (Lipinski definition) is 1. The standard InChI is InChI=1S/C14H17Cl2NO3S/c1-2-20-13(19)7-4-8-17-12(18)9-21-14-10(15)5-3-6-11(14)16/h3,5-6H,2,4,7-9H2,1H3,(H,17,18). The van der Waals surface area contributed by atoms with E-state index < -0.39 is 0 Å². The number of esters is 1. The van der Waals surface area contributed by atoms with Crippen molar-refractivity contribution in [1.82, 2.24) is 5.32 Å². The van der Waals surface area contributed by atoms with Gasteiger partial charge in [0, 0.05) is 17.9 Å². The fourth-order valence-corrected chi connectivity index (χ4v) is 3.02. The van der Waals surface area contributed by atoms with E-state index in [1.807, 2.05) is 0 Å². The Labute approximate surface area is 138 Å². The van der Waals surface area contributed by atoms with E-state index in [4.69, 9.17) is 27.9 Å². The van der Waals surface area contributed by atoms with Crippen LogP contribution in [0.4, 0.5) is 0 Å². The second-order valence-electron chi connectivity index (χ2n) is 4.10. The third-order valence-corrected chi connectivity index (χ3v) is 4.44. The molecule has 0 aromatic heterocycles. The van der Waals surface area contributed by atoms with Gasteiger partial charge in [-0.05, 0) is 25.5 Å². The average Bonchev–Trinajstić information content (AvgIpc) is 2.43. The van der Waals surface area contributed by atoms with Crippen LogP contribution >= 0.6 is 35.0 Å². The highest BCUT2D eigenvalue weighted by Gasteiger charge is 2.09. The Hall–Kier alpha value is -0.910. The third kappa shape index (κ3) is 7.07. The van der Waals surface area contributed by atoms with E-state index in [-0.39, 0.29) is 17.6 Å². The second-order valence-corrected chi connectivity index (χ2v) is 5.90. The summed E-state index contributed by atoms with van der Waals surface area (Å²) in [6.45, 7) is 2.58. The SMILES string of the molecule is CCOC(=O)CCCNC(=O)CSc1c(Cl)cccc1Cl. The van der Waals surface area contributed by atoms with E-state index in [2.05, 4.69) is 5.32 Å². The van der Waals surface area contributed by atoms with Crippen molar-refractivity contribution in [3.8, 4) is 0 Å². The quantitative estimate of drug-likeness (QED) is 0.443. The highest BCUT2D eigenvalue weighted by molar-refractivity contribution is 8.00. The third-order valence-electron chi connectivity index (χ3n) is 2.45. The first-order valence-corrected chi connectivity index (χ1v) is 8.28. The van der Waals surface area contributed by atoms with Gasteiger partial charge < -0.3 is 10.1 Å². The molecule has 1 aromatic carbocycles. The molecular weight excluding hydrogens is 333 g/mol. The van der Waals surface area contributed by atoms with Gasteiger partial charge in [0.1, 0.15) is 0 Å². The second kappa shape index (κ2) is 9.92. The molecule has 1 N–H and O–H groups in total. The molecule has 0 bridgehead atoms. The van der Waals surface area contributed by atoms with E-state index in [1.165, 1.54) is 11.8 Å². The summed E-state index contributed by atoms with van der Waals surface area (Å²) in [6.07, 6.45) is 0.861. The molecule has 4 nitrogen and oxygen atoms in total. The lowest BCUT2D eigenvalue weighted by atomic mass is 10.3. The molecule has 0 saturated carbocycles. The van der Waals surface area contributed by atoms with Crippen LogP contribution in [0.15, 0.2) is 23.1 Å². The maximum absolute atomic E-state index is 11.7. The van der Waals surface area contributed by atoms with Gasteiger partial charge in [-0.15, -0.1) is 11.8 Å². The van der Waals surface area contributed by atoms with E-state index in [0.29, 0.717) is 40.9 Å². The van der Waals surface area contributed by atoms with Gasteiger partial charge in [-0.3, -0.25) is 9.59 Å². The van der Waals surface area contributed by atoms with Crippen molar-refractivity contribution in [3.05, 3.63) is 28.2 Å². The monoisotopic (exact) mass is 349 g/mol. The molecule has 0 spiro atoms. The Morgan fingerprint density at radius 1 is 1.29 bits per heavy atom. The predicted octanol–water partition coefficient (Wildman–Crippen LogP) is 3.55. The molecule has 1 amide bonds. The van der Waals surface area contributed by atoms with E-state index in [9.17, 15) is 9.59 Å². The first-order chi connectivity index (χ1) is 10.0. The molecule has 116 valence electrons. The van der Waals surface area contributed by atoms with Gasteiger partial charge in [0.05, 0.1) is 22.4 Å². The molecule has 0 aliphatic carbocycles. The Balaban J connectivity index is 2.24. The number of hydrogen-bond acceptors (Lipinski definition) is 4. The fourth-order valence-electron chi connectivity index (χ4n) is 1.50. The molecule has 1 aromatic rings. The largest absolute Gasteiger partial charge is 0.466 e. The van der Waals surface area contributed by atoms with Crippen molar-refractivity contribution >= 4 is 46.8 Å². The van der Waals surface area contributed by atoms with Crippen LogP contribution in [0.1, 0.15) is 19.8 Å². The lowest BCUT2D eigenvalue weighted by Crippen LogP contribution is -2.26. The minimum atomic E-state index is -0.246. The van der Waals surface area contributed by atoms with Crippen LogP contribution in [0.3, 0.4) is 0 Å². The molecule has 0 unspecified atom stereocenters. The van der Waals surface area contributed by atoms with Crippen LogP contribution in [-0.4, -0.2) is 30.8 Å². The number of rotatable bonds is 8. The van der Waals surface area contributed by atoms with Crippen molar-refractivity contribution < 1.29 is 14.3 Å². The number of nitrogens with one attached hydrogen (secondary N) is 1. The van der Waals surface area contributed by atoms with Gasteiger partial charge in [-0.25, -0.2) is 0 Å². The van der Waals surface area contributed by atoms with Crippen LogP contribution in [0.2, 0.25) is 10.0 Å². The van der Waals surface area contributed by atoms with E-state index in [0.717, 1.165) is 0 Å². The number of amides is 1. The topological polar surface area (TPSA) is 55.4 Å². The number of carbonyl (C=O) groups excluding carboxylic acids is 2. The van der Waals surface area contributed by atoms with Gasteiger partial charge in [-0.2, -0.15) is 0 Å². The molecule has 21 heavy (non-hydrogen) atoms. The number of carbonyl (C=O) groups is 2. The minimum absolute atomic E-state index is 0.125. The molecule has 0 fully saturated rings. The zero-order chi connectivity index (χ0) is 15.7. The van der Waals surface area contributed by atoms with Gasteiger partial charge in [0.25, 0.3) is 0 Å². The molecule has 1 rings (SSSR count). The van der Waals surface area contributed by atoms with E-state index >= 15 is 0 Å². The van der Waals surface area contributed by atoms with Crippen LogP contribution in [0, 0.1) is 0 Å². The van der Waals surface area contributed by atoms with Gasteiger partial charge in [-0.1, -0.05) is 29.3 Å². The summed E-state index contributed by atoms with van der Waals surface area (Å²) in [4.78, 5) is 23.5. The highest BCUT2D eigenvalue weighted by Crippen LogP contribution is 2.33. The average molecular weight is 350 g/mol. The van der Waals surface area contributed by atoms with Crippen molar-refractivity contribution in [2.45, 2.75) is 24.7 Å². The first kappa shape index (κ1) is 18.1. The lowest BCUT2D eigenvalue weighted by Gasteiger charge is -2.07. The summed E-state index contributed by atoms with van der Waals surface area (Å²) in [7, 11) is 0. The number of benzene rings is 1. The lowest BCUT2D eigenvalue weighted by molar-refractivity contribution is -0.143. The van der Waals surface area contributed by atoms with Crippen LogP contribution in [0.25, 0.3) is 0 Å². The van der Waals surface area contributed by atoms with Crippen molar-refractivity contribution in [2.24, 2.45) is 0 Å². The van der Waals surface area contributed by atoms with Crippen LogP contribution in [0.5, 0.6) is 0 Å². The van der Waals surface area contributed by atoms with Crippen molar-refractivity contribution in [3.63, 3.8) is 0 Å². The number of ether oxygens (including phenoxy) is 1. The number of thioether (sulfide) groups is 1. The van der Waals surface area contributed by atoms with Crippen molar-refractivity contribution in [2.75, 3.05) is 18.9 Å². The molecule has 0 saturated heterocycles. The minimum Gasteiger partial charge on any atom is -0.466 e. The predicted molar refractivity (Wildman–Crippen MR) is 86.1 cm³/mol. The smallest absolute Gasteiger partial charge is 0.305 e. The van der Waals surface area contributed by atoms with Crippen molar-refractivity contribution in [1.29, 1.82) is 0 Å². The summed E-state index contributed by atoms with van der Waals surface area (Å²) in [6, 6.07) is 5.21. The summed E-state index contributed by atoms with van der Waals surface area (Å²) in [5, 5.41) is 3.80. The first-order valence-electron chi connectivity index (χ1n) is 6.53. The van der Waals surface area contributed by atoms with Crippen LogP contribution < -0.4 is 5.32 Å². The Bertz CT molecular complexity index is 477. The van der Waals surface area contributed by atoms with E-state index in [1.54, 1.807) is 25.1 Å². The molecule has 0 atom stereocenters. The molecule has 0 aliphatic heterocycles. The zero-order valence-corrected chi connectivity index (χ0v) is 14.0. The fraction of sp³-hybridized carbons (Fsp3) is 0.429. The summed E-state index contributed by atoms with van der Waals surface area (Å²) in [5.74, 6) is -0.146. The van der Waals surface area contributed by atoms with Gasteiger partial charge in [0.2, 0.25) is 5.91 Å². The Morgan fingerprint density at radius 2 is 1.95 bits per heavy atom. The Kier molecular flexibility index (Phi) is 8.57. The maximum Gasteiger partial charge on any atom is 0.305 e. The molecule has 0 aliphatic rings. The number of halogens is 2. The molecule has 7 heteroatoms. The summed E-state index contributed by atoms with van der Waals surface area (Å²) < 4.78 is 4.80. The summed E-state index contributed by atoms with van der Waals surface area (Å²) >= 11 is 13.3. The molecule has 0 radical (unpaired) electrons.